The van der Waals surface area contributed by atoms with Gasteiger partial charge >= 0.3 is 5.97 Å². The first-order valence-corrected chi connectivity index (χ1v) is 9.96. The van der Waals surface area contributed by atoms with Gasteiger partial charge in [-0.3, -0.25) is 14.5 Å². The van der Waals surface area contributed by atoms with Crippen molar-refractivity contribution in [1.29, 1.82) is 0 Å². The van der Waals surface area contributed by atoms with Crippen molar-refractivity contribution < 1.29 is 13.9 Å². The minimum absolute atomic E-state index is 0.100. The zero-order valence-electron chi connectivity index (χ0n) is 16.4. The fourth-order valence-electron chi connectivity index (χ4n) is 3.95. The molecule has 28 heavy (non-hydrogen) atoms. The Morgan fingerprint density at radius 3 is 2.57 bits per heavy atom. The Bertz CT molecular complexity index is 960. The minimum Gasteiger partial charge on any atom is -0.465 e. The third kappa shape index (κ3) is 3.51. The van der Waals surface area contributed by atoms with Gasteiger partial charge in [-0.2, -0.15) is 0 Å². The minimum atomic E-state index is -0.319. The van der Waals surface area contributed by atoms with E-state index in [1.54, 1.807) is 32.2 Å². The fourth-order valence-corrected chi connectivity index (χ4v) is 3.95. The van der Waals surface area contributed by atoms with Crippen molar-refractivity contribution in [2.75, 3.05) is 44.2 Å². The summed E-state index contributed by atoms with van der Waals surface area (Å²) in [6.07, 6.45) is 3.84. The average Bonchev–Trinajstić information content (AvgIpc) is 3.51. The van der Waals surface area contributed by atoms with Gasteiger partial charge in [-0.15, -0.1) is 0 Å². The number of pyridine rings is 1. The summed E-state index contributed by atoms with van der Waals surface area (Å²) < 4.78 is 22.5. The molecule has 2 aromatic rings. The van der Waals surface area contributed by atoms with Gasteiger partial charge in [0.15, 0.2) is 11.2 Å². The summed E-state index contributed by atoms with van der Waals surface area (Å²) in [7, 11) is 0. The quantitative estimate of drug-likeness (QED) is 0.738. The highest BCUT2D eigenvalue weighted by atomic mass is 19.1. The molecule has 1 aromatic carbocycles. The van der Waals surface area contributed by atoms with Crippen molar-refractivity contribution in [3.05, 3.63) is 39.9 Å². The second-order valence-electron chi connectivity index (χ2n) is 7.64. The molecule has 0 radical (unpaired) electrons. The lowest BCUT2D eigenvalue weighted by Crippen LogP contribution is -2.48. The van der Waals surface area contributed by atoms with Gasteiger partial charge in [0.25, 0.3) is 0 Å². The van der Waals surface area contributed by atoms with Crippen LogP contribution in [0.5, 0.6) is 0 Å². The molecule has 150 valence electrons. The molecule has 4 rings (SSSR count). The largest absolute Gasteiger partial charge is 0.465 e. The fraction of sp³-hybridized carbons (Fsp3) is 0.524. The molecule has 0 amide bonds. The van der Waals surface area contributed by atoms with Crippen molar-refractivity contribution >= 4 is 22.6 Å². The topological polar surface area (TPSA) is 54.8 Å². The molecule has 1 saturated carbocycles. The van der Waals surface area contributed by atoms with Crippen LogP contribution in [0.4, 0.5) is 10.1 Å². The third-order valence-corrected chi connectivity index (χ3v) is 5.60. The van der Waals surface area contributed by atoms with Crippen molar-refractivity contribution in [1.82, 2.24) is 9.47 Å². The van der Waals surface area contributed by atoms with Crippen LogP contribution in [0.3, 0.4) is 0 Å². The molecule has 6 nitrogen and oxygen atoms in total. The van der Waals surface area contributed by atoms with Gasteiger partial charge in [-0.25, -0.2) is 4.39 Å². The van der Waals surface area contributed by atoms with E-state index in [-0.39, 0.29) is 29.8 Å². The predicted molar refractivity (Wildman–Crippen MR) is 106 cm³/mol. The number of piperazine rings is 1. The van der Waals surface area contributed by atoms with Gasteiger partial charge in [0.1, 0.15) is 0 Å². The lowest BCUT2D eigenvalue weighted by atomic mass is 10.1. The Kier molecular flexibility index (Phi) is 5.10. The summed E-state index contributed by atoms with van der Waals surface area (Å²) >= 11 is 0. The van der Waals surface area contributed by atoms with Crippen molar-refractivity contribution in [2.45, 2.75) is 32.7 Å². The maximum atomic E-state index is 15.5. The van der Waals surface area contributed by atoms with Crippen LogP contribution >= 0.6 is 0 Å². The highest BCUT2D eigenvalue weighted by molar-refractivity contribution is 5.84. The Morgan fingerprint density at radius 2 is 1.93 bits per heavy atom. The van der Waals surface area contributed by atoms with Crippen LogP contribution < -0.4 is 10.3 Å². The van der Waals surface area contributed by atoms with Gasteiger partial charge in [-0.1, -0.05) is 0 Å². The Balaban J connectivity index is 1.60. The van der Waals surface area contributed by atoms with E-state index < -0.39 is 0 Å². The van der Waals surface area contributed by atoms with Crippen LogP contribution in [0.1, 0.15) is 31.4 Å². The Labute approximate surface area is 163 Å². The van der Waals surface area contributed by atoms with Gasteiger partial charge in [0.05, 0.1) is 24.4 Å². The molecule has 1 aliphatic heterocycles. The van der Waals surface area contributed by atoms with E-state index in [1.807, 2.05) is 14.4 Å². The predicted octanol–water partition coefficient (Wildman–Crippen LogP) is 2.47. The standard InChI is InChI=1S/C21H26FN3O3/c1-3-28-18(26)13-23-8-10-24(11-9-23)17-7-6-16-20(19(17)22)25(15-4-5-15)12-14(2)21(16)27/h6-7,12,15H,3-5,8-11,13H2,1-2H3. The number of nitrogens with zero attached hydrogens (tertiary/aromatic N) is 3. The molecule has 2 heterocycles. The van der Waals surface area contributed by atoms with Crippen LogP contribution in [0.2, 0.25) is 0 Å². The van der Waals surface area contributed by atoms with Crippen LogP contribution in [-0.2, 0) is 9.53 Å². The zero-order chi connectivity index (χ0) is 19.8. The van der Waals surface area contributed by atoms with Crippen molar-refractivity contribution in [3.8, 4) is 0 Å². The highest BCUT2D eigenvalue weighted by Crippen LogP contribution is 2.38. The molecule has 0 atom stereocenters. The number of anilines is 1. The number of aryl methyl sites for hydroxylation is 1. The molecule has 7 heteroatoms. The molecular weight excluding hydrogens is 361 g/mol. The number of carbonyl (C=O) groups excluding carboxylic acids is 1. The van der Waals surface area contributed by atoms with Gasteiger partial charge in [0.2, 0.25) is 0 Å². The summed E-state index contributed by atoms with van der Waals surface area (Å²) in [6.45, 7) is 6.81. The summed E-state index contributed by atoms with van der Waals surface area (Å²) in [5, 5.41) is 0.453. The number of rotatable bonds is 5. The molecule has 0 spiro atoms. The van der Waals surface area contributed by atoms with Crippen molar-refractivity contribution in [2.24, 2.45) is 0 Å². The lowest BCUT2D eigenvalue weighted by Gasteiger charge is -2.35. The van der Waals surface area contributed by atoms with E-state index in [1.165, 1.54) is 0 Å². The first-order chi connectivity index (χ1) is 13.5. The molecule has 0 bridgehead atoms. The van der Waals surface area contributed by atoms with E-state index in [0.29, 0.717) is 54.9 Å². The number of ether oxygens (including phenoxy) is 1. The molecule has 1 saturated heterocycles. The van der Waals surface area contributed by atoms with Gasteiger partial charge in [-0.05, 0) is 38.8 Å². The first kappa shape index (κ1) is 18.9. The number of benzene rings is 1. The number of hydrogen-bond donors (Lipinski definition) is 0. The SMILES string of the molecule is CCOC(=O)CN1CCN(c2ccc3c(=O)c(C)cn(C4CC4)c3c2F)CC1. The smallest absolute Gasteiger partial charge is 0.320 e. The molecular formula is C21H26FN3O3. The van der Waals surface area contributed by atoms with E-state index >= 15 is 4.39 Å². The molecule has 0 N–H and O–H groups in total. The number of hydrogen-bond acceptors (Lipinski definition) is 5. The second-order valence-corrected chi connectivity index (χ2v) is 7.64. The number of esters is 1. The van der Waals surface area contributed by atoms with Crippen LogP contribution in [0, 0.1) is 12.7 Å². The lowest BCUT2D eigenvalue weighted by molar-refractivity contribution is -0.144. The van der Waals surface area contributed by atoms with E-state index in [2.05, 4.69) is 0 Å². The van der Waals surface area contributed by atoms with Crippen LogP contribution in [-0.4, -0.2) is 54.8 Å². The van der Waals surface area contributed by atoms with Gasteiger partial charge in [0, 0.05) is 49.4 Å². The van der Waals surface area contributed by atoms with Crippen molar-refractivity contribution in [3.63, 3.8) is 0 Å². The molecule has 2 fully saturated rings. The first-order valence-electron chi connectivity index (χ1n) is 9.96. The van der Waals surface area contributed by atoms with Gasteiger partial charge < -0.3 is 14.2 Å². The van der Waals surface area contributed by atoms with E-state index in [0.717, 1.165) is 12.8 Å². The van der Waals surface area contributed by atoms with Crippen LogP contribution in [0.15, 0.2) is 23.1 Å². The number of carbonyl (C=O) groups is 1. The highest BCUT2D eigenvalue weighted by Gasteiger charge is 2.28. The average molecular weight is 387 g/mol. The maximum absolute atomic E-state index is 15.5. The number of halogens is 1. The Morgan fingerprint density at radius 1 is 1.21 bits per heavy atom. The molecule has 2 aliphatic rings. The number of aromatic nitrogens is 1. The second kappa shape index (κ2) is 7.54. The van der Waals surface area contributed by atoms with Crippen LogP contribution in [0.25, 0.3) is 10.9 Å². The Hall–Kier alpha value is -2.41. The summed E-state index contributed by atoms with van der Waals surface area (Å²) in [4.78, 5) is 28.2. The zero-order valence-corrected chi connectivity index (χ0v) is 16.4. The summed E-state index contributed by atoms with van der Waals surface area (Å²) in [6, 6.07) is 3.76. The van der Waals surface area contributed by atoms with E-state index in [4.69, 9.17) is 4.74 Å². The maximum Gasteiger partial charge on any atom is 0.320 e. The summed E-state index contributed by atoms with van der Waals surface area (Å²) in [5.41, 5.74) is 1.50. The molecule has 1 aromatic heterocycles. The monoisotopic (exact) mass is 387 g/mol. The summed E-state index contributed by atoms with van der Waals surface area (Å²) in [5.74, 6) is -0.544. The number of fused-ring (bicyclic) bond motifs is 1. The molecule has 0 unspecified atom stereocenters. The third-order valence-electron chi connectivity index (χ3n) is 5.60. The van der Waals surface area contributed by atoms with E-state index in [9.17, 15) is 9.59 Å². The normalized spacial score (nSPS) is 17.9. The molecule has 1 aliphatic carbocycles.